The quantitative estimate of drug-likeness (QED) is 0.700. The normalized spacial score (nSPS) is 12.0. The summed E-state index contributed by atoms with van der Waals surface area (Å²) in [7, 11) is 0. The topological polar surface area (TPSA) is 33.0 Å². The Hall–Kier alpha value is -1.33. The van der Waals surface area contributed by atoms with E-state index in [4.69, 9.17) is 10.00 Å². The van der Waals surface area contributed by atoms with Gasteiger partial charge in [0.15, 0.2) is 0 Å². The second-order valence-corrected chi connectivity index (χ2v) is 4.02. The molecule has 86 valence electrons. The van der Waals surface area contributed by atoms with Gasteiger partial charge in [-0.15, -0.1) is 0 Å². The van der Waals surface area contributed by atoms with E-state index in [-0.39, 0.29) is 0 Å². The van der Waals surface area contributed by atoms with Crippen molar-refractivity contribution in [1.29, 1.82) is 5.26 Å². The molecule has 0 spiro atoms. The van der Waals surface area contributed by atoms with Crippen molar-refractivity contribution in [3.63, 3.8) is 0 Å². The number of nitriles is 1. The number of ether oxygens (including phenoxy) is 1. The Morgan fingerprint density at radius 2 is 2.06 bits per heavy atom. The second-order valence-electron chi connectivity index (χ2n) is 4.02. The summed E-state index contributed by atoms with van der Waals surface area (Å²) in [5.74, 6) is 0.388. The summed E-state index contributed by atoms with van der Waals surface area (Å²) in [6.45, 7) is 3.48. The van der Waals surface area contributed by atoms with E-state index in [1.54, 1.807) is 0 Å². The average Bonchev–Trinajstić information content (AvgIpc) is 2.31. The standard InChI is InChI=1S/C14H19NO/c1-2-6-13(9-10-15)11-16-12-14-7-4-3-5-8-14/h3-5,7-8,13H,2,6,9,11-12H2,1H3. The fourth-order valence-electron chi connectivity index (χ4n) is 1.70. The third-order valence-electron chi connectivity index (χ3n) is 2.54. The Balaban J connectivity index is 2.25. The highest BCUT2D eigenvalue weighted by atomic mass is 16.5. The van der Waals surface area contributed by atoms with E-state index in [0.717, 1.165) is 12.8 Å². The van der Waals surface area contributed by atoms with E-state index in [0.29, 0.717) is 25.6 Å². The van der Waals surface area contributed by atoms with Crippen LogP contribution in [-0.4, -0.2) is 6.61 Å². The van der Waals surface area contributed by atoms with Gasteiger partial charge in [-0.25, -0.2) is 0 Å². The number of hydrogen-bond acceptors (Lipinski definition) is 2. The average molecular weight is 217 g/mol. The molecule has 2 heteroatoms. The first-order valence-corrected chi connectivity index (χ1v) is 5.85. The van der Waals surface area contributed by atoms with Crippen LogP contribution in [0, 0.1) is 17.2 Å². The maximum absolute atomic E-state index is 8.67. The zero-order valence-corrected chi connectivity index (χ0v) is 9.86. The van der Waals surface area contributed by atoms with Gasteiger partial charge in [-0.05, 0) is 17.9 Å². The Bertz CT molecular complexity index is 315. The van der Waals surface area contributed by atoms with Crippen molar-refractivity contribution < 1.29 is 4.74 Å². The van der Waals surface area contributed by atoms with Crippen molar-refractivity contribution in [2.45, 2.75) is 32.8 Å². The van der Waals surface area contributed by atoms with Crippen LogP contribution in [0.1, 0.15) is 31.7 Å². The molecule has 0 bridgehead atoms. The van der Waals surface area contributed by atoms with Crippen LogP contribution in [0.4, 0.5) is 0 Å². The van der Waals surface area contributed by atoms with E-state index in [1.807, 2.05) is 18.2 Å². The Labute approximate surface area is 97.9 Å². The fourth-order valence-corrected chi connectivity index (χ4v) is 1.70. The van der Waals surface area contributed by atoms with Gasteiger partial charge in [-0.2, -0.15) is 5.26 Å². The third kappa shape index (κ3) is 4.95. The van der Waals surface area contributed by atoms with Crippen molar-refractivity contribution in [3.05, 3.63) is 35.9 Å². The lowest BCUT2D eigenvalue weighted by Crippen LogP contribution is -2.09. The smallest absolute Gasteiger partial charge is 0.0717 e. The Morgan fingerprint density at radius 1 is 1.31 bits per heavy atom. The first-order valence-electron chi connectivity index (χ1n) is 5.85. The molecule has 16 heavy (non-hydrogen) atoms. The maximum atomic E-state index is 8.67. The predicted molar refractivity (Wildman–Crippen MR) is 64.7 cm³/mol. The van der Waals surface area contributed by atoms with E-state index >= 15 is 0 Å². The van der Waals surface area contributed by atoms with Crippen LogP contribution < -0.4 is 0 Å². The first-order chi connectivity index (χ1) is 7.86. The van der Waals surface area contributed by atoms with Gasteiger partial charge < -0.3 is 4.74 Å². The monoisotopic (exact) mass is 217 g/mol. The molecule has 1 atom stereocenters. The molecule has 0 aliphatic rings. The van der Waals surface area contributed by atoms with Gasteiger partial charge in [-0.3, -0.25) is 0 Å². The molecule has 0 aliphatic heterocycles. The van der Waals surface area contributed by atoms with Crippen LogP contribution in [0.5, 0.6) is 0 Å². The molecule has 2 nitrogen and oxygen atoms in total. The molecule has 1 rings (SSSR count). The van der Waals surface area contributed by atoms with E-state index in [2.05, 4.69) is 25.1 Å². The molecule has 0 N–H and O–H groups in total. The van der Waals surface area contributed by atoms with E-state index in [1.165, 1.54) is 5.56 Å². The summed E-state index contributed by atoms with van der Waals surface area (Å²) >= 11 is 0. The van der Waals surface area contributed by atoms with Crippen molar-refractivity contribution >= 4 is 0 Å². The van der Waals surface area contributed by atoms with E-state index in [9.17, 15) is 0 Å². The minimum absolute atomic E-state index is 0.388. The van der Waals surface area contributed by atoms with Gasteiger partial charge in [0.2, 0.25) is 0 Å². The number of nitrogens with zero attached hydrogens (tertiary/aromatic N) is 1. The lowest BCUT2D eigenvalue weighted by atomic mass is 10.0. The van der Waals surface area contributed by atoms with Crippen molar-refractivity contribution in [3.8, 4) is 6.07 Å². The molecule has 0 aliphatic carbocycles. The summed E-state index contributed by atoms with van der Waals surface area (Å²) in [6.07, 6.45) is 2.78. The molecule has 0 radical (unpaired) electrons. The minimum atomic E-state index is 0.388. The number of hydrogen-bond donors (Lipinski definition) is 0. The fraction of sp³-hybridized carbons (Fsp3) is 0.500. The zero-order chi connectivity index (χ0) is 11.6. The van der Waals surface area contributed by atoms with Crippen LogP contribution in [0.2, 0.25) is 0 Å². The van der Waals surface area contributed by atoms with Gasteiger partial charge in [0.25, 0.3) is 0 Å². The van der Waals surface area contributed by atoms with Gasteiger partial charge in [0.1, 0.15) is 0 Å². The van der Waals surface area contributed by atoms with E-state index < -0.39 is 0 Å². The molecule has 0 fully saturated rings. The molecule has 1 unspecified atom stereocenters. The molecule has 0 aromatic heterocycles. The van der Waals surface area contributed by atoms with Gasteiger partial charge >= 0.3 is 0 Å². The molecule has 0 saturated carbocycles. The number of benzene rings is 1. The maximum Gasteiger partial charge on any atom is 0.0717 e. The third-order valence-corrected chi connectivity index (χ3v) is 2.54. The lowest BCUT2D eigenvalue weighted by Gasteiger charge is -2.12. The van der Waals surface area contributed by atoms with Gasteiger partial charge in [0, 0.05) is 6.42 Å². The Morgan fingerprint density at radius 3 is 2.69 bits per heavy atom. The van der Waals surface area contributed by atoms with Crippen LogP contribution in [-0.2, 0) is 11.3 Å². The molecule has 0 amide bonds. The van der Waals surface area contributed by atoms with Gasteiger partial charge in [-0.1, -0.05) is 43.7 Å². The van der Waals surface area contributed by atoms with Crippen LogP contribution in [0.15, 0.2) is 30.3 Å². The summed E-state index contributed by atoms with van der Waals surface area (Å²) in [4.78, 5) is 0. The SMILES string of the molecule is CCCC(CC#N)COCc1ccccc1. The van der Waals surface area contributed by atoms with Crippen molar-refractivity contribution in [2.75, 3.05) is 6.61 Å². The van der Waals surface area contributed by atoms with Crippen LogP contribution in [0.3, 0.4) is 0 Å². The Kier molecular flexibility index (Phi) is 6.29. The van der Waals surface area contributed by atoms with Crippen LogP contribution in [0.25, 0.3) is 0 Å². The summed E-state index contributed by atoms with van der Waals surface area (Å²) in [6, 6.07) is 12.4. The van der Waals surface area contributed by atoms with Crippen molar-refractivity contribution in [2.24, 2.45) is 5.92 Å². The molecular weight excluding hydrogens is 198 g/mol. The van der Waals surface area contributed by atoms with Gasteiger partial charge in [0.05, 0.1) is 19.3 Å². The molecule has 0 heterocycles. The zero-order valence-electron chi connectivity index (χ0n) is 9.86. The largest absolute Gasteiger partial charge is 0.376 e. The highest BCUT2D eigenvalue weighted by Gasteiger charge is 2.07. The summed E-state index contributed by atoms with van der Waals surface area (Å²) in [5, 5.41) is 8.67. The minimum Gasteiger partial charge on any atom is -0.376 e. The molecule has 0 saturated heterocycles. The highest BCUT2D eigenvalue weighted by Crippen LogP contribution is 2.12. The summed E-state index contributed by atoms with van der Waals surface area (Å²) in [5.41, 5.74) is 1.19. The first kappa shape index (κ1) is 12.7. The van der Waals surface area contributed by atoms with Crippen molar-refractivity contribution in [1.82, 2.24) is 0 Å². The van der Waals surface area contributed by atoms with Crippen LogP contribution >= 0.6 is 0 Å². The number of rotatable bonds is 7. The molecule has 1 aromatic carbocycles. The lowest BCUT2D eigenvalue weighted by molar-refractivity contribution is 0.0851. The summed E-state index contributed by atoms with van der Waals surface area (Å²) < 4.78 is 5.64. The second kappa shape index (κ2) is 7.90. The molecular formula is C14H19NO. The highest BCUT2D eigenvalue weighted by molar-refractivity contribution is 5.13. The molecule has 1 aromatic rings. The predicted octanol–water partition coefficient (Wildman–Crippen LogP) is 3.53.